The second-order valence-electron chi connectivity index (χ2n) is 2.43. The fourth-order valence-corrected chi connectivity index (χ4v) is 1.57. The van der Waals surface area contributed by atoms with E-state index in [-0.39, 0.29) is 6.04 Å². The van der Waals surface area contributed by atoms with Gasteiger partial charge in [-0.1, -0.05) is 0 Å². The van der Waals surface area contributed by atoms with Crippen molar-refractivity contribution in [2.24, 2.45) is 0 Å². The number of hydrogen-bond acceptors (Lipinski definition) is 1. The van der Waals surface area contributed by atoms with Gasteiger partial charge in [0.2, 0.25) is 0 Å². The van der Waals surface area contributed by atoms with Crippen LogP contribution in [0.25, 0.3) is 0 Å². The predicted octanol–water partition coefficient (Wildman–Crippen LogP) is 1.37. The Bertz CT molecular complexity index is 140. The number of likely N-dealkylation sites (tertiary alicyclic amines) is 1. The fourth-order valence-electron chi connectivity index (χ4n) is 1.25. The molecule has 3 nitrogen and oxygen atoms in total. The number of alkyl halides is 1. The van der Waals surface area contributed by atoms with E-state index in [4.69, 9.17) is 16.7 Å². The van der Waals surface area contributed by atoms with Crippen molar-refractivity contribution in [3.63, 3.8) is 0 Å². The first-order valence-electron chi connectivity index (χ1n) is 3.31. The second-order valence-corrected chi connectivity index (χ2v) is 2.73. The summed E-state index contributed by atoms with van der Waals surface area (Å²) in [6, 6.07) is 0.0548. The standard InChI is InChI=1S/C6H10ClNO2/c7-4-5-2-1-3-8(5)6(9)10/h5H,1-4H2,(H,9,10). The lowest BCUT2D eigenvalue weighted by Gasteiger charge is -2.18. The van der Waals surface area contributed by atoms with E-state index in [1.165, 1.54) is 4.90 Å². The van der Waals surface area contributed by atoms with Gasteiger partial charge in [0.15, 0.2) is 0 Å². The lowest BCUT2D eigenvalue weighted by molar-refractivity contribution is 0.144. The van der Waals surface area contributed by atoms with Crippen LogP contribution in [-0.4, -0.2) is 34.6 Å². The number of carbonyl (C=O) groups is 1. The maximum absolute atomic E-state index is 10.4. The molecule has 0 bridgehead atoms. The summed E-state index contributed by atoms with van der Waals surface area (Å²) >= 11 is 5.54. The highest BCUT2D eigenvalue weighted by atomic mass is 35.5. The zero-order chi connectivity index (χ0) is 7.56. The third-order valence-corrected chi connectivity index (χ3v) is 2.16. The Labute approximate surface area is 64.6 Å². The summed E-state index contributed by atoms with van der Waals surface area (Å²) < 4.78 is 0. The highest BCUT2D eigenvalue weighted by Gasteiger charge is 2.27. The smallest absolute Gasteiger partial charge is 0.407 e. The molecule has 0 spiro atoms. The molecule has 0 radical (unpaired) electrons. The van der Waals surface area contributed by atoms with E-state index in [0.29, 0.717) is 12.4 Å². The van der Waals surface area contributed by atoms with E-state index in [0.717, 1.165) is 12.8 Å². The van der Waals surface area contributed by atoms with E-state index in [1.807, 2.05) is 0 Å². The molecule has 1 fully saturated rings. The predicted molar refractivity (Wildman–Crippen MR) is 38.5 cm³/mol. The summed E-state index contributed by atoms with van der Waals surface area (Å²) in [4.78, 5) is 11.8. The quantitative estimate of drug-likeness (QED) is 0.594. The topological polar surface area (TPSA) is 40.5 Å². The Morgan fingerprint density at radius 2 is 2.50 bits per heavy atom. The highest BCUT2D eigenvalue weighted by Crippen LogP contribution is 2.17. The van der Waals surface area contributed by atoms with Gasteiger partial charge in [-0.05, 0) is 12.8 Å². The molecule has 0 aromatic carbocycles. The van der Waals surface area contributed by atoms with Crippen molar-refractivity contribution in [2.75, 3.05) is 12.4 Å². The number of hydrogen-bond donors (Lipinski definition) is 1. The van der Waals surface area contributed by atoms with Crippen molar-refractivity contribution >= 4 is 17.7 Å². The number of amides is 1. The van der Waals surface area contributed by atoms with E-state index in [9.17, 15) is 4.79 Å². The summed E-state index contributed by atoms with van der Waals surface area (Å²) in [5, 5.41) is 8.58. The molecular weight excluding hydrogens is 154 g/mol. The van der Waals surface area contributed by atoms with Gasteiger partial charge in [0.05, 0.1) is 0 Å². The van der Waals surface area contributed by atoms with E-state index < -0.39 is 6.09 Å². The summed E-state index contributed by atoms with van der Waals surface area (Å²) in [5.74, 6) is 0.423. The Balaban J connectivity index is 2.50. The van der Waals surface area contributed by atoms with Gasteiger partial charge in [0.25, 0.3) is 0 Å². The molecule has 0 saturated carbocycles. The highest BCUT2D eigenvalue weighted by molar-refractivity contribution is 6.18. The number of rotatable bonds is 1. The summed E-state index contributed by atoms with van der Waals surface area (Å²) in [6.07, 6.45) is 1.02. The Hall–Kier alpha value is -0.440. The van der Waals surface area contributed by atoms with E-state index in [2.05, 4.69) is 0 Å². The van der Waals surface area contributed by atoms with Crippen molar-refractivity contribution < 1.29 is 9.90 Å². The number of nitrogens with zero attached hydrogens (tertiary/aromatic N) is 1. The van der Waals surface area contributed by atoms with Crippen molar-refractivity contribution in [2.45, 2.75) is 18.9 Å². The minimum absolute atomic E-state index is 0.0548. The zero-order valence-corrected chi connectivity index (χ0v) is 6.34. The molecule has 0 aliphatic carbocycles. The number of halogens is 1. The van der Waals surface area contributed by atoms with Gasteiger partial charge in [-0.3, -0.25) is 0 Å². The van der Waals surface area contributed by atoms with Gasteiger partial charge in [-0.25, -0.2) is 4.79 Å². The van der Waals surface area contributed by atoms with Gasteiger partial charge in [0.1, 0.15) is 0 Å². The van der Waals surface area contributed by atoms with Gasteiger partial charge in [-0.2, -0.15) is 0 Å². The van der Waals surface area contributed by atoms with E-state index >= 15 is 0 Å². The maximum atomic E-state index is 10.4. The van der Waals surface area contributed by atoms with Gasteiger partial charge < -0.3 is 10.0 Å². The molecule has 0 aromatic rings. The first-order chi connectivity index (χ1) is 4.75. The van der Waals surface area contributed by atoms with Crippen LogP contribution in [0.1, 0.15) is 12.8 Å². The van der Waals surface area contributed by atoms with E-state index in [1.54, 1.807) is 0 Å². The normalized spacial score (nSPS) is 25.3. The monoisotopic (exact) mass is 163 g/mol. The molecule has 4 heteroatoms. The van der Waals surface area contributed by atoms with Crippen LogP contribution in [0.2, 0.25) is 0 Å². The summed E-state index contributed by atoms with van der Waals surface area (Å²) in [6.45, 7) is 0.646. The van der Waals surface area contributed by atoms with Gasteiger partial charge in [-0.15, -0.1) is 11.6 Å². The molecule has 0 aromatic heterocycles. The first-order valence-corrected chi connectivity index (χ1v) is 3.84. The van der Waals surface area contributed by atoms with Crippen LogP contribution in [0.4, 0.5) is 4.79 Å². The van der Waals surface area contributed by atoms with Crippen molar-refractivity contribution in [3.05, 3.63) is 0 Å². The van der Waals surface area contributed by atoms with Crippen LogP contribution < -0.4 is 0 Å². The third kappa shape index (κ3) is 1.34. The molecule has 58 valence electrons. The summed E-state index contributed by atoms with van der Waals surface area (Å²) in [5.41, 5.74) is 0. The van der Waals surface area contributed by atoms with Crippen LogP contribution in [0.5, 0.6) is 0 Å². The molecule has 1 amide bonds. The molecule has 1 atom stereocenters. The largest absolute Gasteiger partial charge is 0.465 e. The second kappa shape index (κ2) is 3.10. The Kier molecular flexibility index (Phi) is 2.38. The van der Waals surface area contributed by atoms with Crippen LogP contribution in [0.3, 0.4) is 0 Å². The molecule has 10 heavy (non-hydrogen) atoms. The van der Waals surface area contributed by atoms with Crippen LogP contribution in [0.15, 0.2) is 0 Å². The molecule has 1 rings (SSSR count). The van der Waals surface area contributed by atoms with Crippen LogP contribution in [0, 0.1) is 0 Å². The van der Waals surface area contributed by atoms with Gasteiger partial charge >= 0.3 is 6.09 Å². The zero-order valence-electron chi connectivity index (χ0n) is 5.59. The molecule has 1 heterocycles. The Morgan fingerprint density at radius 1 is 1.80 bits per heavy atom. The average Bonchev–Trinajstić information content (AvgIpc) is 2.33. The molecule has 1 aliphatic rings. The first kappa shape index (κ1) is 7.66. The van der Waals surface area contributed by atoms with Gasteiger partial charge in [0, 0.05) is 18.5 Å². The minimum atomic E-state index is -0.844. The molecule has 1 saturated heterocycles. The maximum Gasteiger partial charge on any atom is 0.407 e. The molecule has 1 unspecified atom stereocenters. The van der Waals surface area contributed by atoms with Crippen molar-refractivity contribution in [1.29, 1.82) is 0 Å². The van der Waals surface area contributed by atoms with Crippen LogP contribution >= 0.6 is 11.6 Å². The average molecular weight is 164 g/mol. The Morgan fingerprint density at radius 3 is 2.90 bits per heavy atom. The number of carboxylic acid groups (broad SMARTS) is 1. The van der Waals surface area contributed by atoms with Crippen molar-refractivity contribution in [1.82, 2.24) is 4.90 Å². The SMILES string of the molecule is O=C(O)N1CCCC1CCl. The molecular formula is C6H10ClNO2. The third-order valence-electron chi connectivity index (χ3n) is 1.80. The van der Waals surface area contributed by atoms with Crippen LogP contribution in [-0.2, 0) is 0 Å². The molecule has 1 N–H and O–H groups in total. The lowest BCUT2D eigenvalue weighted by atomic mass is 10.2. The van der Waals surface area contributed by atoms with Crippen molar-refractivity contribution in [3.8, 4) is 0 Å². The molecule has 1 aliphatic heterocycles. The summed E-state index contributed by atoms with van der Waals surface area (Å²) in [7, 11) is 0. The minimum Gasteiger partial charge on any atom is -0.465 e. The fraction of sp³-hybridized carbons (Fsp3) is 0.833. The lowest BCUT2D eigenvalue weighted by Crippen LogP contribution is -2.35.